The maximum atomic E-state index is 12.5. The number of nitrogens with zero attached hydrogens (tertiary/aromatic N) is 1. The van der Waals surface area contributed by atoms with Gasteiger partial charge in [-0.05, 0) is 51.1 Å². The number of hydrogen-bond donors (Lipinski definition) is 0. The average Bonchev–Trinajstić information content (AvgIpc) is 3.31. The monoisotopic (exact) mass is 463 g/mol. The second kappa shape index (κ2) is 10.7. The molecule has 1 aliphatic rings. The van der Waals surface area contributed by atoms with E-state index in [4.69, 9.17) is 9.47 Å². The van der Waals surface area contributed by atoms with E-state index >= 15 is 0 Å². The minimum atomic E-state index is -0.743. The van der Waals surface area contributed by atoms with E-state index < -0.39 is 30.3 Å². The molecule has 2 aromatic rings. The third-order valence-electron chi connectivity index (χ3n) is 5.57. The maximum Gasteiger partial charge on any atom is 0.411 e. The summed E-state index contributed by atoms with van der Waals surface area (Å²) in [5.41, 5.74) is 2.27. The zero-order chi connectivity index (χ0) is 24.9. The van der Waals surface area contributed by atoms with Crippen LogP contribution in [0.2, 0.25) is 6.32 Å². The van der Waals surface area contributed by atoms with E-state index in [2.05, 4.69) is 0 Å². The number of likely N-dealkylation sites (tertiary alicyclic amines) is 1. The highest BCUT2D eigenvalue weighted by Gasteiger charge is 2.37. The number of carbonyl (C=O) groups excluding carboxylic acids is 4. The number of Topliss-reactive ketones (excluding diaryl/α,β-unsaturated/α-hetero) is 2. The third kappa shape index (κ3) is 6.34. The van der Waals surface area contributed by atoms with Crippen LogP contribution in [0.1, 0.15) is 54.3 Å². The molecule has 0 aliphatic carbocycles. The van der Waals surface area contributed by atoms with Crippen molar-refractivity contribution in [2.24, 2.45) is 0 Å². The highest BCUT2D eigenvalue weighted by molar-refractivity contribution is 6.24. The minimum Gasteiger partial charge on any atom is -0.456 e. The number of rotatable bonds is 7. The summed E-state index contributed by atoms with van der Waals surface area (Å²) in [6, 6.07) is 13.6. The van der Waals surface area contributed by atoms with Gasteiger partial charge in [-0.25, -0.2) is 9.59 Å². The van der Waals surface area contributed by atoms with Crippen molar-refractivity contribution in [2.75, 3.05) is 13.2 Å². The fraction of sp³-hybridized carbons (Fsp3) is 0.385. The van der Waals surface area contributed by atoms with Crippen molar-refractivity contribution in [1.82, 2.24) is 4.90 Å². The predicted molar refractivity (Wildman–Crippen MR) is 131 cm³/mol. The van der Waals surface area contributed by atoms with E-state index in [0.717, 1.165) is 11.1 Å². The highest BCUT2D eigenvalue weighted by Crippen LogP contribution is 2.23. The highest BCUT2D eigenvalue weighted by atomic mass is 16.6. The molecular weight excluding hydrogens is 433 g/mol. The quantitative estimate of drug-likeness (QED) is 0.353. The molecule has 1 amide bonds. The predicted octanol–water partition coefficient (Wildman–Crippen LogP) is 3.71. The Kier molecular flexibility index (Phi) is 7.92. The molecule has 2 aromatic carbocycles. The van der Waals surface area contributed by atoms with Gasteiger partial charge in [-0.1, -0.05) is 48.5 Å². The summed E-state index contributed by atoms with van der Waals surface area (Å²) in [6.45, 7) is 5.31. The van der Waals surface area contributed by atoms with Gasteiger partial charge in [0.05, 0.1) is 0 Å². The summed E-state index contributed by atoms with van der Waals surface area (Å²) in [4.78, 5) is 50.6. The molecule has 0 N–H and O–H groups in total. The lowest BCUT2D eigenvalue weighted by Gasteiger charge is -2.27. The topological polar surface area (TPSA) is 90.0 Å². The fourth-order valence-corrected chi connectivity index (χ4v) is 3.77. The molecule has 0 spiro atoms. The van der Waals surface area contributed by atoms with Crippen molar-refractivity contribution in [3.8, 4) is 11.1 Å². The molecule has 0 unspecified atom stereocenters. The first kappa shape index (κ1) is 25.2. The fourth-order valence-electron chi connectivity index (χ4n) is 3.77. The summed E-state index contributed by atoms with van der Waals surface area (Å²) in [5, 5.41) is 0. The molecule has 178 valence electrons. The Hall–Kier alpha value is -3.42. The van der Waals surface area contributed by atoms with Gasteiger partial charge in [-0.2, -0.15) is 0 Å². The van der Waals surface area contributed by atoms with Crippen LogP contribution in [0.3, 0.4) is 0 Å². The van der Waals surface area contributed by atoms with Crippen molar-refractivity contribution in [2.45, 2.75) is 51.6 Å². The van der Waals surface area contributed by atoms with Gasteiger partial charge >= 0.3 is 12.1 Å². The van der Waals surface area contributed by atoms with E-state index in [0.29, 0.717) is 36.8 Å². The molecule has 1 atom stereocenters. The Morgan fingerprint density at radius 2 is 1.44 bits per heavy atom. The van der Waals surface area contributed by atoms with Crippen LogP contribution in [0.5, 0.6) is 0 Å². The first-order chi connectivity index (χ1) is 16.1. The van der Waals surface area contributed by atoms with Crippen molar-refractivity contribution in [3.05, 3.63) is 59.7 Å². The molecule has 0 saturated carbocycles. The molecule has 7 nitrogen and oxygen atoms in total. The third-order valence-corrected chi connectivity index (χ3v) is 5.57. The van der Waals surface area contributed by atoms with Crippen LogP contribution in [-0.4, -0.2) is 61.2 Å². The number of ketones is 2. The lowest BCUT2D eigenvalue weighted by Crippen LogP contribution is -2.44. The molecule has 1 aliphatic heterocycles. The van der Waals surface area contributed by atoms with E-state index in [1.54, 1.807) is 45.0 Å². The molecule has 1 heterocycles. The number of carbonyl (C=O) groups is 4. The Morgan fingerprint density at radius 1 is 0.912 bits per heavy atom. The Labute approximate surface area is 200 Å². The second-order valence-electron chi connectivity index (χ2n) is 9.29. The Balaban J connectivity index is 1.57. The van der Waals surface area contributed by atoms with Crippen LogP contribution in [0, 0.1) is 0 Å². The minimum absolute atomic E-state index is 0.0915. The van der Waals surface area contributed by atoms with Gasteiger partial charge in [0.15, 0.2) is 18.2 Å². The van der Waals surface area contributed by atoms with Crippen LogP contribution in [0.15, 0.2) is 48.5 Å². The zero-order valence-corrected chi connectivity index (χ0v) is 20.1. The van der Waals surface area contributed by atoms with E-state index in [1.165, 1.54) is 4.90 Å². The molecule has 0 aromatic heterocycles. The molecule has 0 radical (unpaired) electrons. The molecular formula is C26H30BNO6. The van der Waals surface area contributed by atoms with Crippen molar-refractivity contribution < 1.29 is 28.7 Å². The lowest BCUT2D eigenvalue weighted by atomic mass is 9.94. The number of esters is 1. The number of benzene rings is 2. The van der Waals surface area contributed by atoms with Gasteiger partial charge in [0.1, 0.15) is 19.5 Å². The first-order valence-electron chi connectivity index (χ1n) is 11.5. The summed E-state index contributed by atoms with van der Waals surface area (Å²) >= 11 is 0. The van der Waals surface area contributed by atoms with Crippen molar-refractivity contribution >= 4 is 31.5 Å². The van der Waals surface area contributed by atoms with Gasteiger partial charge in [-0.15, -0.1) is 0 Å². The Morgan fingerprint density at radius 3 is 1.94 bits per heavy atom. The van der Waals surface area contributed by atoms with Gasteiger partial charge in [0.25, 0.3) is 0 Å². The van der Waals surface area contributed by atoms with Crippen LogP contribution in [0.25, 0.3) is 11.1 Å². The number of ether oxygens (including phenoxy) is 2. The van der Waals surface area contributed by atoms with E-state index in [9.17, 15) is 19.2 Å². The van der Waals surface area contributed by atoms with E-state index in [-0.39, 0.29) is 11.6 Å². The smallest absolute Gasteiger partial charge is 0.411 e. The van der Waals surface area contributed by atoms with Crippen molar-refractivity contribution in [1.29, 1.82) is 0 Å². The largest absolute Gasteiger partial charge is 0.456 e. The zero-order valence-electron chi connectivity index (χ0n) is 20.1. The van der Waals surface area contributed by atoms with Gasteiger partial charge in [0, 0.05) is 17.7 Å². The summed E-state index contributed by atoms with van der Waals surface area (Å²) < 4.78 is 10.6. The summed E-state index contributed by atoms with van der Waals surface area (Å²) in [7, 11) is 1.83. The van der Waals surface area contributed by atoms with Crippen LogP contribution in [-0.2, 0) is 14.3 Å². The normalized spacial score (nSPS) is 15.6. The molecule has 1 saturated heterocycles. The second-order valence-corrected chi connectivity index (χ2v) is 9.29. The van der Waals surface area contributed by atoms with Gasteiger partial charge < -0.3 is 9.47 Å². The van der Waals surface area contributed by atoms with Crippen molar-refractivity contribution in [3.63, 3.8) is 0 Å². The number of amides is 1. The molecule has 34 heavy (non-hydrogen) atoms. The van der Waals surface area contributed by atoms with E-state index in [1.807, 2.05) is 32.1 Å². The summed E-state index contributed by atoms with van der Waals surface area (Å²) in [6.07, 6.45) is 1.05. The standard InChI is InChI=1S/C26H30BNO6/c1-26(2,3)34-25(32)28-14-4-5-21(28)24(31)33-16-23(30)20-12-8-18(9-13-20)17-6-10-19(11-7-17)22(29)15-27/h6-13,21H,4-5,14-16,27H2,1-3H3/t21-/m0/s1. The van der Waals surface area contributed by atoms with Crippen LogP contribution < -0.4 is 0 Å². The average molecular weight is 463 g/mol. The maximum absolute atomic E-state index is 12.5. The van der Waals surface area contributed by atoms with Gasteiger partial charge in [-0.3, -0.25) is 14.5 Å². The van der Waals surface area contributed by atoms with Gasteiger partial charge in [0.2, 0.25) is 0 Å². The van der Waals surface area contributed by atoms with Crippen LogP contribution >= 0.6 is 0 Å². The molecule has 1 fully saturated rings. The lowest BCUT2D eigenvalue weighted by molar-refractivity contribution is -0.147. The SMILES string of the molecule is BCC(=O)c1ccc(-c2ccc(C(=O)COC(=O)[C@@H]3CCCN3C(=O)OC(C)(C)C)cc2)cc1. The molecule has 8 heteroatoms. The molecule has 0 bridgehead atoms. The molecule has 3 rings (SSSR count). The number of hydrogen-bond acceptors (Lipinski definition) is 6. The van der Waals surface area contributed by atoms with Crippen LogP contribution in [0.4, 0.5) is 4.79 Å². The Bertz CT molecular complexity index is 1060. The first-order valence-corrected chi connectivity index (χ1v) is 11.5. The summed E-state index contributed by atoms with van der Waals surface area (Å²) in [5.74, 6) is -0.838.